The van der Waals surface area contributed by atoms with E-state index in [2.05, 4.69) is 12.1 Å². The molecule has 2 aromatic rings. The molecule has 0 aromatic heterocycles. The van der Waals surface area contributed by atoms with Gasteiger partial charge in [-0.25, -0.2) is 0 Å². The van der Waals surface area contributed by atoms with E-state index in [1.54, 1.807) is 11.9 Å². The average Bonchev–Trinajstić information content (AvgIpc) is 2.91. The van der Waals surface area contributed by atoms with Crippen LogP contribution in [-0.2, 0) is 9.53 Å². The number of aliphatic hydroxyl groups is 2. The number of likely N-dealkylation sites (N-methyl/N-ethyl adjacent to an activating group) is 1. The number of carbonyl (C=O) groups excluding carboxylic acids is 1. The van der Waals surface area contributed by atoms with E-state index in [-0.39, 0.29) is 37.5 Å². The number of rotatable bonds is 8. The summed E-state index contributed by atoms with van der Waals surface area (Å²) in [5.74, 6) is 0.899. The number of hydrogen-bond donors (Lipinski definition) is 2. The third-order valence-electron chi connectivity index (χ3n) is 7.66. The van der Waals surface area contributed by atoms with Crippen molar-refractivity contribution in [3.05, 3.63) is 66.2 Å². The van der Waals surface area contributed by atoms with Crippen LogP contribution in [0.5, 0.6) is 5.75 Å². The molecule has 2 heterocycles. The summed E-state index contributed by atoms with van der Waals surface area (Å²) in [6.07, 6.45) is 2.71. The molecule has 34 heavy (non-hydrogen) atoms. The van der Waals surface area contributed by atoms with E-state index >= 15 is 0 Å². The Bertz CT molecular complexity index is 938. The number of benzene rings is 2. The molecule has 0 unspecified atom stereocenters. The summed E-state index contributed by atoms with van der Waals surface area (Å²) in [4.78, 5) is 14.7. The van der Waals surface area contributed by atoms with Gasteiger partial charge in [0.25, 0.3) is 0 Å². The van der Waals surface area contributed by atoms with Gasteiger partial charge in [-0.15, -0.1) is 0 Å². The van der Waals surface area contributed by atoms with Gasteiger partial charge >= 0.3 is 0 Å². The summed E-state index contributed by atoms with van der Waals surface area (Å²) >= 11 is 0. The minimum atomic E-state index is -0.830. The summed E-state index contributed by atoms with van der Waals surface area (Å²) in [6, 6.07) is 19.4. The summed E-state index contributed by atoms with van der Waals surface area (Å²) < 4.78 is 12.4. The van der Waals surface area contributed by atoms with Crippen molar-refractivity contribution in [2.24, 2.45) is 0 Å². The minimum Gasteiger partial charge on any atom is -0.493 e. The lowest BCUT2D eigenvalue weighted by molar-refractivity contribution is -0.226. The molecule has 6 heteroatoms. The number of nitrogens with zero attached hydrogens (tertiary/aromatic N) is 1. The molecular weight excluding hydrogens is 430 g/mol. The molecule has 2 aromatic carbocycles. The van der Waals surface area contributed by atoms with Crippen molar-refractivity contribution in [3.8, 4) is 5.75 Å². The fourth-order valence-corrected chi connectivity index (χ4v) is 5.88. The number of ether oxygens (including phenoxy) is 2. The molecule has 2 aliphatic heterocycles. The highest BCUT2D eigenvalue weighted by Crippen LogP contribution is 2.51. The van der Waals surface area contributed by atoms with E-state index in [1.807, 2.05) is 55.5 Å². The SMILES string of the molecule is CN(C(=O)CCOc1ccccc1)[C@H]1CC[C@@]2(CCO)C[C@H](c3ccccc3)C[C@](C)(O2)[C@@H]1O. The van der Waals surface area contributed by atoms with Crippen LogP contribution in [0, 0.1) is 0 Å². The molecular formula is C28H37NO5. The van der Waals surface area contributed by atoms with Crippen LogP contribution in [-0.4, -0.2) is 64.6 Å². The second-order valence-electron chi connectivity index (χ2n) is 10.1. The van der Waals surface area contributed by atoms with E-state index in [0.29, 0.717) is 25.7 Å². The highest BCUT2D eigenvalue weighted by molar-refractivity contribution is 5.76. The largest absolute Gasteiger partial charge is 0.493 e. The molecule has 6 nitrogen and oxygen atoms in total. The van der Waals surface area contributed by atoms with Gasteiger partial charge in [-0.2, -0.15) is 0 Å². The molecule has 2 bridgehead atoms. The van der Waals surface area contributed by atoms with Crippen molar-refractivity contribution in [1.29, 1.82) is 0 Å². The van der Waals surface area contributed by atoms with Crippen LogP contribution < -0.4 is 4.74 Å². The molecule has 1 amide bonds. The quantitative estimate of drug-likeness (QED) is 0.615. The van der Waals surface area contributed by atoms with Crippen molar-refractivity contribution >= 4 is 5.91 Å². The van der Waals surface area contributed by atoms with Gasteiger partial charge in [-0.1, -0.05) is 48.5 Å². The maximum absolute atomic E-state index is 13.0. The van der Waals surface area contributed by atoms with Crippen LogP contribution in [0.1, 0.15) is 56.9 Å². The lowest BCUT2D eigenvalue weighted by Gasteiger charge is -2.50. The van der Waals surface area contributed by atoms with Crippen LogP contribution >= 0.6 is 0 Å². The Balaban J connectivity index is 1.49. The Kier molecular flexibility index (Phi) is 7.60. The molecule has 0 radical (unpaired) electrons. The molecule has 0 saturated carbocycles. The second-order valence-corrected chi connectivity index (χ2v) is 10.1. The molecule has 0 aliphatic carbocycles. The maximum atomic E-state index is 13.0. The van der Waals surface area contributed by atoms with Crippen LogP contribution in [0.4, 0.5) is 0 Å². The Hall–Kier alpha value is -2.41. The molecule has 184 valence electrons. The number of aliphatic hydroxyl groups excluding tert-OH is 2. The first-order valence-electron chi connectivity index (χ1n) is 12.3. The summed E-state index contributed by atoms with van der Waals surface area (Å²) in [6.45, 7) is 2.28. The molecule has 0 spiro atoms. The molecule has 4 rings (SSSR count). The van der Waals surface area contributed by atoms with Crippen molar-refractivity contribution < 1.29 is 24.5 Å². The average molecular weight is 468 g/mol. The van der Waals surface area contributed by atoms with Crippen molar-refractivity contribution in [3.63, 3.8) is 0 Å². The Labute approximate surface area is 202 Å². The Morgan fingerprint density at radius 1 is 1.12 bits per heavy atom. The monoisotopic (exact) mass is 467 g/mol. The lowest BCUT2D eigenvalue weighted by atomic mass is 9.73. The van der Waals surface area contributed by atoms with E-state index in [9.17, 15) is 15.0 Å². The topological polar surface area (TPSA) is 79.2 Å². The first-order valence-corrected chi connectivity index (χ1v) is 12.3. The second kappa shape index (κ2) is 10.5. The predicted octanol–water partition coefficient (Wildman–Crippen LogP) is 3.91. The van der Waals surface area contributed by atoms with Gasteiger partial charge in [-0.3, -0.25) is 4.79 Å². The zero-order valence-corrected chi connectivity index (χ0v) is 20.2. The van der Waals surface area contributed by atoms with Gasteiger partial charge in [0, 0.05) is 13.7 Å². The van der Waals surface area contributed by atoms with Crippen LogP contribution in [0.3, 0.4) is 0 Å². The van der Waals surface area contributed by atoms with E-state index in [4.69, 9.17) is 9.47 Å². The standard InChI is InChI=1S/C28H37NO5/c1-27-19-22(21-9-5-3-6-10-21)20-28(34-27,16-17-30)15-13-24(26(27)32)29(2)25(31)14-18-33-23-11-7-4-8-12-23/h3-12,22,24,26,30,32H,13-20H2,1-2H3/t22-,24+,26-,27+,28-/m1/s1. The van der Waals surface area contributed by atoms with Crippen LogP contribution in [0.2, 0.25) is 0 Å². The highest BCUT2D eigenvalue weighted by atomic mass is 16.5. The zero-order chi connectivity index (χ0) is 24.2. The smallest absolute Gasteiger partial charge is 0.226 e. The Morgan fingerprint density at radius 2 is 1.79 bits per heavy atom. The third-order valence-corrected chi connectivity index (χ3v) is 7.66. The molecule has 2 saturated heterocycles. The molecule has 2 fully saturated rings. The normalized spacial score (nSPS) is 30.9. The van der Waals surface area contributed by atoms with Gasteiger partial charge < -0.3 is 24.6 Å². The number of fused-ring (bicyclic) bond motifs is 2. The summed E-state index contributed by atoms with van der Waals surface area (Å²) in [5, 5.41) is 21.4. The Morgan fingerprint density at radius 3 is 2.47 bits per heavy atom. The molecule has 2 N–H and O–H groups in total. The fraction of sp³-hybridized carbons (Fsp3) is 0.536. The van der Waals surface area contributed by atoms with E-state index in [1.165, 1.54) is 5.56 Å². The molecule has 5 atom stereocenters. The van der Waals surface area contributed by atoms with E-state index < -0.39 is 17.3 Å². The first kappa shape index (κ1) is 24.7. The van der Waals surface area contributed by atoms with Crippen molar-refractivity contribution in [2.45, 2.75) is 74.7 Å². The van der Waals surface area contributed by atoms with Gasteiger partial charge in [0.15, 0.2) is 0 Å². The third kappa shape index (κ3) is 5.29. The van der Waals surface area contributed by atoms with Crippen molar-refractivity contribution in [1.82, 2.24) is 4.90 Å². The highest BCUT2D eigenvalue weighted by Gasteiger charge is 2.55. The van der Waals surface area contributed by atoms with Gasteiger partial charge in [0.1, 0.15) is 11.9 Å². The van der Waals surface area contributed by atoms with Gasteiger partial charge in [0.2, 0.25) is 5.91 Å². The number of amides is 1. The minimum absolute atomic E-state index is 0.0317. The van der Waals surface area contributed by atoms with Crippen LogP contribution in [0.15, 0.2) is 60.7 Å². The summed E-state index contributed by atoms with van der Waals surface area (Å²) in [5.41, 5.74) is -0.102. The van der Waals surface area contributed by atoms with Gasteiger partial charge in [0.05, 0.1) is 30.3 Å². The number of para-hydroxylation sites is 1. The number of carbonyl (C=O) groups is 1. The van der Waals surface area contributed by atoms with E-state index in [0.717, 1.165) is 12.2 Å². The first-order chi connectivity index (χ1) is 16.4. The van der Waals surface area contributed by atoms with Gasteiger partial charge in [-0.05, 0) is 62.6 Å². The predicted molar refractivity (Wildman–Crippen MR) is 131 cm³/mol. The fourth-order valence-electron chi connectivity index (χ4n) is 5.88. The zero-order valence-electron chi connectivity index (χ0n) is 20.2. The summed E-state index contributed by atoms with van der Waals surface area (Å²) in [7, 11) is 1.77. The molecule has 2 aliphatic rings. The number of hydrogen-bond acceptors (Lipinski definition) is 5. The van der Waals surface area contributed by atoms with Crippen molar-refractivity contribution in [2.75, 3.05) is 20.3 Å². The maximum Gasteiger partial charge on any atom is 0.226 e. The lowest BCUT2D eigenvalue weighted by Crippen LogP contribution is -2.58. The van der Waals surface area contributed by atoms with Crippen LogP contribution in [0.25, 0.3) is 0 Å².